The van der Waals surface area contributed by atoms with Gasteiger partial charge in [-0.1, -0.05) is 5.16 Å². The lowest BCUT2D eigenvalue weighted by Gasteiger charge is -2.32. The van der Waals surface area contributed by atoms with Crippen molar-refractivity contribution in [2.75, 3.05) is 44.3 Å². The van der Waals surface area contributed by atoms with Crippen molar-refractivity contribution in [3.8, 4) is 0 Å². The molecule has 2 aliphatic rings. The van der Waals surface area contributed by atoms with Gasteiger partial charge < -0.3 is 20.6 Å². The average molecular weight is 291 g/mol. The predicted octanol–water partition coefficient (Wildman–Crippen LogP) is 0.0870. The number of hydrogen-bond acceptors (Lipinski definition) is 6. The van der Waals surface area contributed by atoms with E-state index in [0.29, 0.717) is 11.7 Å². The zero-order chi connectivity index (χ0) is 14.7. The van der Waals surface area contributed by atoms with Gasteiger partial charge in [-0.15, -0.1) is 0 Å². The molecule has 1 unspecified atom stereocenters. The minimum Gasteiger partial charge on any atom is -0.409 e. The van der Waals surface area contributed by atoms with Crippen molar-refractivity contribution >= 4 is 11.5 Å². The van der Waals surface area contributed by atoms with E-state index in [1.54, 1.807) is 6.20 Å². The van der Waals surface area contributed by atoms with E-state index >= 15 is 0 Å². The summed E-state index contributed by atoms with van der Waals surface area (Å²) in [4.78, 5) is 8.96. The normalized spacial score (nSPS) is 24.5. The van der Waals surface area contributed by atoms with Crippen molar-refractivity contribution in [3.05, 3.63) is 24.0 Å². The summed E-state index contributed by atoms with van der Waals surface area (Å²) in [6, 6.07) is 4.42. The molecule has 2 saturated heterocycles. The first kappa shape index (κ1) is 14.1. The highest BCUT2D eigenvalue weighted by Gasteiger charge is 2.29. The third-order valence-electron chi connectivity index (χ3n) is 4.20. The molecule has 3 heterocycles. The number of amidine groups is 1. The van der Waals surface area contributed by atoms with Crippen molar-refractivity contribution in [1.82, 2.24) is 9.88 Å². The van der Waals surface area contributed by atoms with Crippen LogP contribution in [0.25, 0.3) is 0 Å². The van der Waals surface area contributed by atoms with E-state index in [9.17, 15) is 0 Å². The first-order chi connectivity index (χ1) is 10.3. The van der Waals surface area contributed by atoms with Crippen LogP contribution in [0.4, 0.5) is 5.69 Å². The van der Waals surface area contributed by atoms with Crippen molar-refractivity contribution in [2.45, 2.75) is 12.5 Å². The number of nitrogens with zero attached hydrogens (tertiary/aromatic N) is 4. The molecule has 2 fully saturated rings. The molecule has 1 atom stereocenters. The summed E-state index contributed by atoms with van der Waals surface area (Å²) in [6.45, 7) is 5.72. The molecule has 7 nitrogen and oxygen atoms in total. The molecule has 7 heteroatoms. The van der Waals surface area contributed by atoms with E-state index in [0.717, 1.165) is 51.5 Å². The molecule has 2 aliphatic heterocycles. The fourth-order valence-electron chi connectivity index (χ4n) is 3.02. The number of aromatic nitrogens is 1. The molecule has 0 amide bonds. The Morgan fingerprint density at radius 3 is 2.95 bits per heavy atom. The van der Waals surface area contributed by atoms with Gasteiger partial charge in [0.1, 0.15) is 5.69 Å². The lowest BCUT2D eigenvalue weighted by molar-refractivity contribution is 0.0209. The number of hydrogen-bond donors (Lipinski definition) is 2. The molecule has 21 heavy (non-hydrogen) atoms. The molecule has 0 saturated carbocycles. The van der Waals surface area contributed by atoms with Gasteiger partial charge >= 0.3 is 0 Å². The topological polar surface area (TPSA) is 87.2 Å². The minimum absolute atomic E-state index is 0.0424. The van der Waals surface area contributed by atoms with Crippen LogP contribution >= 0.6 is 0 Å². The van der Waals surface area contributed by atoms with Gasteiger partial charge in [0.25, 0.3) is 0 Å². The minimum atomic E-state index is 0.0424. The van der Waals surface area contributed by atoms with E-state index in [4.69, 9.17) is 15.7 Å². The zero-order valence-electron chi connectivity index (χ0n) is 12.0. The molecule has 1 aromatic rings. The fraction of sp³-hybridized carbons (Fsp3) is 0.571. The number of morpholine rings is 1. The van der Waals surface area contributed by atoms with Crippen LogP contribution in [0.2, 0.25) is 0 Å². The Morgan fingerprint density at radius 2 is 2.19 bits per heavy atom. The van der Waals surface area contributed by atoms with Crippen molar-refractivity contribution < 1.29 is 9.94 Å². The highest BCUT2D eigenvalue weighted by atomic mass is 16.5. The summed E-state index contributed by atoms with van der Waals surface area (Å²) < 4.78 is 5.41. The van der Waals surface area contributed by atoms with Crippen molar-refractivity contribution in [3.63, 3.8) is 0 Å². The number of anilines is 1. The molecule has 3 rings (SSSR count). The molecule has 0 spiro atoms. The largest absolute Gasteiger partial charge is 0.409 e. The van der Waals surface area contributed by atoms with Gasteiger partial charge in [-0.05, 0) is 18.6 Å². The summed E-state index contributed by atoms with van der Waals surface area (Å²) in [5, 5.41) is 11.8. The maximum atomic E-state index is 8.75. The predicted molar refractivity (Wildman–Crippen MR) is 79.8 cm³/mol. The third-order valence-corrected chi connectivity index (χ3v) is 4.20. The van der Waals surface area contributed by atoms with Crippen LogP contribution in [0.3, 0.4) is 0 Å². The molecule has 1 aromatic heterocycles. The second kappa shape index (κ2) is 6.28. The number of nitrogens with two attached hydrogens (primary N) is 1. The average Bonchev–Trinajstić information content (AvgIpc) is 3.05. The Kier molecular flexibility index (Phi) is 4.21. The van der Waals surface area contributed by atoms with E-state index in [-0.39, 0.29) is 5.84 Å². The third kappa shape index (κ3) is 3.08. The fourth-order valence-corrected chi connectivity index (χ4v) is 3.02. The van der Waals surface area contributed by atoms with E-state index < -0.39 is 0 Å². The lowest BCUT2D eigenvalue weighted by atomic mass is 10.2. The Labute approximate surface area is 124 Å². The zero-order valence-corrected chi connectivity index (χ0v) is 12.0. The molecule has 3 N–H and O–H groups in total. The number of rotatable bonds is 3. The van der Waals surface area contributed by atoms with Gasteiger partial charge in [-0.25, -0.2) is 0 Å². The summed E-state index contributed by atoms with van der Waals surface area (Å²) >= 11 is 0. The summed E-state index contributed by atoms with van der Waals surface area (Å²) in [5.74, 6) is 0.0424. The summed E-state index contributed by atoms with van der Waals surface area (Å²) in [5.41, 5.74) is 7.18. The Bertz CT molecular complexity index is 516. The van der Waals surface area contributed by atoms with Crippen LogP contribution in [-0.4, -0.2) is 66.4 Å². The summed E-state index contributed by atoms with van der Waals surface area (Å²) in [6.07, 6.45) is 2.85. The Balaban J connectivity index is 1.68. The van der Waals surface area contributed by atoms with Gasteiger partial charge in [0.2, 0.25) is 0 Å². The van der Waals surface area contributed by atoms with Gasteiger partial charge in [-0.2, -0.15) is 0 Å². The van der Waals surface area contributed by atoms with E-state index in [1.807, 2.05) is 12.1 Å². The lowest BCUT2D eigenvalue weighted by Crippen LogP contribution is -2.44. The first-order valence-electron chi connectivity index (χ1n) is 7.28. The Morgan fingerprint density at radius 1 is 1.38 bits per heavy atom. The first-order valence-corrected chi connectivity index (χ1v) is 7.28. The molecule has 0 aliphatic carbocycles. The number of pyridine rings is 1. The van der Waals surface area contributed by atoms with E-state index in [1.165, 1.54) is 0 Å². The Hall–Kier alpha value is -1.86. The monoisotopic (exact) mass is 291 g/mol. The molecular formula is C14H21N5O2. The number of ether oxygens (including phenoxy) is 1. The van der Waals surface area contributed by atoms with Crippen LogP contribution < -0.4 is 10.6 Å². The van der Waals surface area contributed by atoms with Gasteiger partial charge in [0, 0.05) is 44.1 Å². The SMILES string of the molecule is NC(=NO)c1cc(N2CCC(N3CCOCC3)C2)ccn1. The molecule has 0 bridgehead atoms. The molecule has 0 radical (unpaired) electrons. The molecule has 0 aromatic carbocycles. The summed E-state index contributed by atoms with van der Waals surface area (Å²) in [7, 11) is 0. The second-order valence-corrected chi connectivity index (χ2v) is 5.42. The van der Waals surface area contributed by atoms with Crippen molar-refractivity contribution in [2.24, 2.45) is 10.9 Å². The highest BCUT2D eigenvalue weighted by Crippen LogP contribution is 2.23. The van der Waals surface area contributed by atoms with E-state index in [2.05, 4.69) is 19.9 Å². The smallest absolute Gasteiger partial charge is 0.188 e. The van der Waals surface area contributed by atoms with Gasteiger partial charge in [-0.3, -0.25) is 9.88 Å². The maximum Gasteiger partial charge on any atom is 0.188 e. The van der Waals surface area contributed by atoms with Crippen molar-refractivity contribution in [1.29, 1.82) is 0 Å². The molecular weight excluding hydrogens is 270 g/mol. The highest BCUT2D eigenvalue weighted by molar-refractivity contribution is 5.95. The molecule has 114 valence electrons. The van der Waals surface area contributed by atoms with Crippen LogP contribution in [0.5, 0.6) is 0 Å². The van der Waals surface area contributed by atoms with Crippen LogP contribution in [0.1, 0.15) is 12.1 Å². The van der Waals surface area contributed by atoms with Gasteiger partial charge in [0.15, 0.2) is 5.84 Å². The quantitative estimate of drug-likeness (QED) is 0.355. The number of oxime groups is 1. The van der Waals surface area contributed by atoms with Gasteiger partial charge in [0.05, 0.1) is 13.2 Å². The second-order valence-electron chi connectivity index (χ2n) is 5.42. The maximum absolute atomic E-state index is 8.75. The standard InChI is InChI=1S/C14H21N5O2/c15-14(17-20)13-9-11(1-3-16-13)19-4-2-12(10-19)18-5-7-21-8-6-18/h1,3,9,12,20H,2,4-8,10H2,(H2,15,17). The van der Waals surface area contributed by atoms with Crippen LogP contribution in [0, 0.1) is 0 Å². The van der Waals surface area contributed by atoms with Crippen LogP contribution in [-0.2, 0) is 4.74 Å². The van der Waals surface area contributed by atoms with Crippen LogP contribution in [0.15, 0.2) is 23.5 Å².